The SMILES string of the molecule is Cc1ccc2c(C3CCCCC3)c3n(c2c1)CCN(CC(=O)N1CCSCC1)c1ccccc1-3.Cc1ccc2c(C3CCCCC3)c3n(c2c1)CCN(CCN1CCSCC1)c1ccccc1-3.O=C=O.O=C=O. The third kappa shape index (κ3) is 11.7. The molecule has 0 atom stereocenters. The van der Waals surface area contributed by atoms with Crippen molar-refractivity contribution in [3.05, 3.63) is 107 Å². The number of para-hydroxylation sites is 2. The summed E-state index contributed by atoms with van der Waals surface area (Å²) in [6.45, 7) is 15.4. The van der Waals surface area contributed by atoms with Crippen LogP contribution in [0.15, 0.2) is 84.9 Å². The van der Waals surface area contributed by atoms with E-state index >= 15 is 0 Å². The summed E-state index contributed by atoms with van der Waals surface area (Å²) >= 11 is 4.06. The minimum absolute atomic E-state index is 0.250. The Labute approximate surface area is 440 Å². The van der Waals surface area contributed by atoms with Crippen LogP contribution >= 0.6 is 23.5 Å². The van der Waals surface area contributed by atoms with Gasteiger partial charge in [-0.1, -0.05) is 99.2 Å². The molecule has 4 aliphatic heterocycles. The van der Waals surface area contributed by atoms with Crippen molar-refractivity contribution in [2.45, 2.75) is 103 Å². The second-order valence-corrected chi connectivity index (χ2v) is 23.0. The third-order valence-electron chi connectivity index (χ3n) is 16.2. The molecule has 6 aliphatic rings. The van der Waals surface area contributed by atoms with Crippen LogP contribution in [0.5, 0.6) is 0 Å². The Morgan fingerprint density at radius 2 is 0.959 bits per heavy atom. The van der Waals surface area contributed by atoms with Gasteiger partial charge >= 0.3 is 12.3 Å². The maximum atomic E-state index is 13.2. The van der Waals surface area contributed by atoms with E-state index in [-0.39, 0.29) is 18.2 Å². The summed E-state index contributed by atoms with van der Waals surface area (Å²) < 4.78 is 5.26. The Kier molecular flexibility index (Phi) is 18.0. The van der Waals surface area contributed by atoms with Gasteiger partial charge in [0, 0.05) is 133 Å². The quantitative estimate of drug-likeness (QED) is 0.153. The molecule has 2 saturated heterocycles. The van der Waals surface area contributed by atoms with Gasteiger partial charge in [-0.15, -0.1) is 0 Å². The molecular weight excluding hydrogens is 949 g/mol. The highest BCUT2D eigenvalue weighted by molar-refractivity contribution is 7.99. The van der Waals surface area contributed by atoms with Crippen LogP contribution in [-0.2, 0) is 37.1 Å². The molecule has 73 heavy (non-hydrogen) atoms. The molecule has 0 bridgehead atoms. The number of benzene rings is 4. The van der Waals surface area contributed by atoms with Gasteiger partial charge in [0.1, 0.15) is 0 Å². The van der Waals surface area contributed by atoms with Gasteiger partial charge in [-0.2, -0.15) is 42.7 Å². The van der Waals surface area contributed by atoms with Gasteiger partial charge in [0.05, 0.1) is 17.9 Å². The van der Waals surface area contributed by atoms with Crippen LogP contribution < -0.4 is 9.80 Å². The fourth-order valence-corrected chi connectivity index (χ4v) is 14.6. The highest BCUT2D eigenvalue weighted by atomic mass is 32.2. The number of nitrogens with zero attached hydrogens (tertiary/aromatic N) is 6. The minimum atomic E-state index is 0.250. The van der Waals surface area contributed by atoms with E-state index in [4.69, 9.17) is 19.2 Å². The summed E-state index contributed by atoms with van der Waals surface area (Å²) in [5.41, 5.74) is 17.1. The first kappa shape index (κ1) is 52.3. The van der Waals surface area contributed by atoms with Crippen molar-refractivity contribution < 1.29 is 24.0 Å². The monoisotopic (exact) mass is 1020 g/mol. The van der Waals surface area contributed by atoms with Crippen LogP contribution in [0.1, 0.15) is 98.3 Å². The summed E-state index contributed by atoms with van der Waals surface area (Å²) in [5.74, 6) is 6.30. The fraction of sp³-hybridized carbons (Fsp3) is 0.483. The van der Waals surface area contributed by atoms with Gasteiger partial charge in [-0.3, -0.25) is 9.69 Å². The number of aryl methyl sites for hydroxylation is 2. The molecule has 11 nitrogen and oxygen atoms in total. The number of rotatable bonds is 7. The zero-order chi connectivity index (χ0) is 50.7. The number of aromatic nitrogens is 2. The molecule has 2 saturated carbocycles. The average Bonchev–Trinajstić information content (AvgIpc) is 3.80. The number of hydrogen-bond donors (Lipinski definition) is 0. The number of anilines is 2. The van der Waals surface area contributed by atoms with Gasteiger partial charge in [0.25, 0.3) is 0 Å². The van der Waals surface area contributed by atoms with Crippen molar-refractivity contribution in [1.29, 1.82) is 0 Å². The number of thioether (sulfide) groups is 2. The van der Waals surface area contributed by atoms with Gasteiger partial charge in [0.15, 0.2) is 0 Å². The van der Waals surface area contributed by atoms with Gasteiger partial charge in [-0.25, -0.2) is 0 Å². The lowest BCUT2D eigenvalue weighted by atomic mass is 9.81. The lowest BCUT2D eigenvalue weighted by molar-refractivity contribution is -0.193. The van der Waals surface area contributed by atoms with Crippen molar-refractivity contribution in [2.24, 2.45) is 0 Å². The van der Waals surface area contributed by atoms with Gasteiger partial charge in [0.2, 0.25) is 5.91 Å². The Bertz CT molecular complexity index is 2900. The lowest BCUT2D eigenvalue weighted by Gasteiger charge is -2.31. The summed E-state index contributed by atoms with van der Waals surface area (Å²) in [7, 11) is 0. The lowest BCUT2D eigenvalue weighted by Crippen LogP contribution is -2.44. The summed E-state index contributed by atoms with van der Waals surface area (Å²) in [6, 6.07) is 32.3. The zero-order valence-corrected chi connectivity index (χ0v) is 44.6. The number of amides is 1. The highest BCUT2D eigenvalue weighted by Crippen LogP contribution is 2.49. The molecule has 0 spiro atoms. The van der Waals surface area contributed by atoms with E-state index < -0.39 is 0 Å². The van der Waals surface area contributed by atoms with Crippen molar-refractivity contribution in [2.75, 3.05) is 91.7 Å². The van der Waals surface area contributed by atoms with E-state index in [2.05, 4.69) is 139 Å². The molecule has 12 rings (SSSR count). The van der Waals surface area contributed by atoms with Crippen LogP contribution in [0, 0.1) is 13.8 Å². The normalized spacial score (nSPS) is 18.1. The van der Waals surface area contributed by atoms with Crippen LogP contribution in [-0.4, -0.2) is 119 Å². The highest BCUT2D eigenvalue weighted by Gasteiger charge is 2.33. The number of hydrogen-bond acceptors (Lipinski definition) is 10. The van der Waals surface area contributed by atoms with E-state index in [1.54, 1.807) is 11.1 Å². The second kappa shape index (κ2) is 25.1. The fourth-order valence-electron chi connectivity index (χ4n) is 12.8. The molecular formula is C60H72N6O5S2. The third-order valence-corrected chi connectivity index (χ3v) is 18.1. The molecule has 4 aromatic carbocycles. The van der Waals surface area contributed by atoms with E-state index in [0.29, 0.717) is 18.4 Å². The van der Waals surface area contributed by atoms with Crippen LogP contribution in [0.25, 0.3) is 44.3 Å². The first-order chi connectivity index (χ1) is 35.8. The Morgan fingerprint density at radius 1 is 0.521 bits per heavy atom. The smallest absolute Gasteiger partial charge is 0.368 e. The summed E-state index contributed by atoms with van der Waals surface area (Å²) in [5, 5.41) is 2.95. The van der Waals surface area contributed by atoms with Crippen molar-refractivity contribution in [3.63, 3.8) is 0 Å². The molecule has 0 radical (unpaired) electrons. The molecule has 13 heteroatoms. The van der Waals surface area contributed by atoms with E-state index in [1.807, 2.05) is 11.8 Å². The van der Waals surface area contributed by atoms with Gasteiger partial charge in [-0.05, 0) is 97.9 Å². The Hall–Kier alpha value is -5.55. The largest absolute Gasteiger partial charge is 0.373 e. The first-order valence-corrected chi connectivity index (χ1v) is 29.2. The van der Waals surface area contributed by atoms with Crippen LogP contribution in [0.3, 0.4) is 0 Å². The average molecular weight is 1020 g/mol. The van der Waals surface area contributed by atoms with E-state index in [9.17, 15) is 4.79 Å². The van der Waals surface area contributed by atoms with Crippen molar-refractivity contribution in [3.8, 4) is 22.5 Å². The van der Waals surface area contributed by atoms with Crippen LogP contribution in [0.4, 0.5) is 11.4 Å². The van der Waals surface area contributed by atoms with Crippen LogP contribution in [0.2, 0.25) is 0 Å². The zero-order valence-electron chi connectivity index (χ0n) is 43.0. The predicted octanol–water partition coefficient (Wildman–Crippen LogP) is 11.4. The maximum Gasteiger partial charge on any atom is 0.373 e. The summed E-state index contributed by atoms with van der Waals surface area (Å²) in [6.07, 6.45) is 14.0. The Balaban J connectivity index is 0.000000163. The second-order valence-electron chi connectivity index (χ2n) is 20.6. The molecule has 2 aliphatic carbocycles. The molecule has 6 aromatic rings. The van der Waals surface area contributed by atoms with Crippen molar-refractivity contribution in [1.82, 2.24) is 18.9 Å². The molecule has 6 heterocycles. The van der Waals surface area contributed by atoms with E-state index in [1.165, 1.54) is 162 Å². The number of fused-ring (bicyclic) bond motifs is 10. The molecule has 384 valence electrons. The van der Waals surface area contributed by atoms with Crippen molar-refractivity contribution >= 4 is 74.9 Å². The molecule has 0 N–H and O–H groups in total. The number of carbonyl (C=O) groups is 1. The topological polar surface area (TPSA) is 108 Å². The molecule has 0 unspecified atom stereocenters. The summed E-state index contributed by atoms with van der Waals surface area (Å²) in [4.78, 5) is 55.5. The van der Waals surface area contributed by atoms with E-state index in [0.717, 1.165) is 57.3 Å². The standard InChI is InChI=1S/C29H35N3OS.C29H37N3S.2CO2/c1-21-11-12-23-26(19-21)32-14-13-31(20-27(33)30-15-17-34-18-16-30)25-10-6-5-9-24(25)29(32)28(23)22-7-3-2-4-8-22;1-22-11-12-24-27(21-22)32-16-15-31(14-13-30-17-19-33-20-18-30)26-10-6-5-9-25(26)29(32)28(24)23-7-3-2-4-8-23;2*2-1-3/h5-6,9-12,19,22H,2-4,7-8,13-18,20H2,1H3;5-6,9-12,21,23H,2-4,7-8,13-20H2,1H3;;. The first-order valence-electron chi connectivity index (χ1n) is 26.9. The Morgan fingerprint density at radius 3 is 1.45 bits per heavy atom. The molecule has 2 aromatic heterocycles. The predicted molar refractivity (Wildman–Crippen MR) is 298 cm³/mol. The van der Waals surface area contributed by atoms with Gasteiger partial charge < -0.3 is 23.8 Å². The minimum Gasteiger partial charge on any atom is -0.368 e. The molecule has 1 amide bonds. The maximum absolute atomic E-state index is 13.2. The number of carbonyl (C=O) groups excluding carboxylic acids is 5. The molecule has 4 fully saturated rings.